The monoisotopic (exact) mass is 332 g/mol. The average molecular weight is 332 g/mol. The summed E-state index contributed by atoms with van der Waals surface area (Å²) >= 11 is 1.33. The van der Waals surface area contributed by atoms with Crippen molar-refractivity contribution < 1.29 is 13.2 Å². The van der Waals surface area contributed by atoms with Crippen molar-refractivity contribution in [1.82, 2.24) is 4.98 Å². The van der Waals surface area contributed by atoms with Crippen LogP contribution < -0.4 is 9.88 Å². The van der Waals surface area contributed by atoms with E-state index in [1.165, 1.54) is 17.4 Å². The normalized spacial score (nSPS) is 11.3. The Morgan fingerprint density at radius 2 is 1.82 bits per heavy atom. The van der Waals surface area contributed by atoms with Gasteiger partial charge in [-0.2, -0.15) is 0 Å². The van der Waals surface area contributed by atoms with Crippen molar-refractivity contribution in [2.24, 2.45) is 5.14 Å². The highest BCUT2D eigenvalue weighted by atomic mass is 32.2. The number of thiazole rings is 1. The number of ether oxygens (including phenoxy) is 1. The Morgan fingerprint density at radius 1 is 1.05 bits per heavy atom. The third-order valence-corrected chi connectivity index (χ3v) is 4.67. The van der Waals surface area contributed by atoms with Gasteiger partial charge in [0.25, 0.3) is 0 Å². The lowest BCUT2D eigenvalue weighted by atomic mass is 10.2. The molecule has 2 N–H and O–H groups in total. The Labute approximate surface area is 132 Å². The highest BCUT2D eigenvalue weighted by molar-refractivity contribution is 7.89. The standard InChI is InChI=1S/C15H12N2O3S2/c16-22(18,19)14-7-6-12(20-11-4-2-1-3-5-11)10-13(14)15-17-8-9-21-15/h1-10H,(H2,16,18,19). The minimum atomic E-state index is -3.84. The van der Waals surface area contributed by atoms with E-state index in [4.69, 9.17) is 9.88 Å². The van der Waals surface area contributed by atoms with Crippen molar-refractivity contribution >= 4 is 21.4 Å². The molecule has 3 aromatic rings. The molecule has 2 aromatic carbocycles. The fourth-order valence-corrected chi connectivity index (χ4v) is 3.42. The van der Waals surface area contributed by atoms with Gasteiger partial charge in [-0.05, 0) is 30.3 Å². The summed E-state index contributed by atoms with van der Waals surface area (Å²) in [6.45, 7) is 0. The van der Waals surface area contributed by atoms with E-state index in [9.17, 15) is 8.42 Å². The summed E-state index contributed by atoms with van der Waals surface area (Å²) in [4.78, 5) is 4.18. The lowest BCUT2D eigenvalue weighted by Crippen LogP contribution is -2.13. The molecule has 7 heteroatoms. The summed E-state index contributed by atoms with van der Waals surface area (Å²) in [7, 11) is -3.84. The third-order valence-electron chi connectivity index (χ3n) is 2.90. The van der Waals surface area contributed by atoms with Crippen LogP contribution in [0, 0.1) is 0 Å². The average Bonchev–Trinajstić information content (AvgIpc) is 3.01. The van der Waals surface area contributed by atoms with Crippen LogP contribution in [0.2, 0.25) is 0 Å². The molecular formula is C15H12N2O3S2. The predicted molar refractivity (Wildman–Crippen MR) is 85.4 cm³/mol. The Kier molecular flexibility index (Phi) is 3.93. The number of para-hydroxylation sites is 1. The van der Waals surface area contributed by atoms with Crippen molar-refractivity contribution in [2.45, 2.75) is 4.90 Å². The number of nitrogens with two attached hydrogens (primary N) is 1. The van der Waals surface area contributed by atoms with Crippen LogP contribution in [-0.4, -0.2) is 13.4 Å². The van der Waals surface area contributed by atoms with Crippen LogP contribution >= 0.6 is 11.3 Å². The molecule has 1 aromatic heterocycles. The summed E-state index contributed by atoms with van der Waals surface area (Å²) in [5.41, 5.74) is 0.436. The van der Waals surface area contributed by atoms with E-state index in [1.54, 1.807) is 23.7 Å². The van der Waals surface area contributed by atoms with Gasteiger partial charge in [-0.1, -0.05) is 18.2 Å². The highest BCUT2D eigenvalue weighted by Crippen LogP contribution is 2.33. The van der Waals surface area contributed by atoms with Gasteiger partial charge in [-0.3, -0.25) is 0 Å². The predicted octanol–water partition coefficient (Wildman–Crippen LogP) is 3.25. The molecule has 0 aliphatic rings. The zero-order chi connectivity index (χ0) is 15.6. The fourth-order valence-electron chi connectivity index (χ4n) is 1.97. The first-order chi connectivity index (χ1) is 10.5. The van der Waals surface area contributed by atoms with Gasteiger partial charge in [0.15, 0.2) is 0 Å². The number of hydrogen-bond acceptors (Lipinski definition) is 5. The molecule has 0 radical (unpaired) electrons. The van der Waals surface area contributed by atoms with E-state index in [-0.39, 0.29) is 4.90 Å². The van der Waals surface area contributed by atoms with Gasteiger partial charge in [0, 0.05) is 17.1 Å². The van der Waals surface area contributed by atoms with Crippen molar-refractivity contribution in [2.75, 3.05) is 0 Å². The van der Waals surface area contributed by atoms with Crippen LogP contribution in [0.1, 0.15) is 0 Å². The van der Waals surface area contributed by atoms with E-state index >= 15 is 0 Å². The van der Waals surface area contributed by atoms with Crippen LogP contribution in [0.25, 0.3) is 10.6 Å². The number of primary sulfonamides is 1. The van der Waals surface area contributed by atoms with Gasteiger partial charge in [0.05, 0.1) is 4.90 Å². The first-order valence-corrected chi connectivity index (χ1v) is 8.76. The Hall–Kier alpha value is -2.22. The van der Waals surface area contributed by atoms with E-state index in [0.29, 0.717) is 22.1 Å². The number of nitrogens with zero attached hydrogens (tertiary/aromatic N) is 1. The van der Waals surface area contributed by atoms with Crippen molar-refractivity contribution in [3.8, 4) is 22.1 Å². The van der Waals surface area contributed by atoms with Crippen LogP contribution in [0.5, 0.6) is 11.5 Å². The fraction of sp³-hybridized carbons (Fsp3) is 0. The molecule has 112 valence electrons. The maximum absolute atomic E-state index is 11.7. The minimum Gasteiger partial charge on any atom is -0.457 e. The maximum Gasteiger partial charge on any atom is 0.238 e. The van der Waals surface area contributed by atoms with Gasteiger partial charge in [0.2, 0.25) is 10.0 Å². The Morgan fingerprint density at radius 3 is 2.45 bits per heavy atom. The molecular weight excluding hydrogens is 320 g/mol. The van der Waals surface area contributed by atoms with Crippen LogP contribution in [0.4, 0.5) is 0 Å². The van der Waals surface area contributed by atoms with E-state index in [0.717, 1.165) is 0 Å². The second-order valence-corrected chi connectivity index (χ2v) is 6.88. The molecule has 0 saturated carbocycles. The summed E-state index contributed by atoms with van der Waals surface area (Å²) in [6, 6.07) is 13.9. The molecule has 0 aliphatic carbocycles. The molecule has 3 rings (SSSR count). The molecule has 0 bridgehead atoms. The number of rotatable bonds is 4. The molecule has 0 unspecified atom stereocenters. The second-order valence-electron chi connectivity index (χ2n) is 4.46. The quantitative estimate of drug-likeness (QED) is 0.795. The molecule has 5 nitrogen and oxygen atoms in total. The molecule has 1 heterocycles. The molecule has 0 saturated heterocycles. The van der Waals surface area contributed by atoms with Crippen molar-refractivity contribution in [1.29, 1.82) is 0 Å². The molecule has 0 aliphatic heterocycles. The topological polar surface area (TPSA) is 82.3 Å². The second kappa shape index (κ2) is 5.88. The first-order valence-electron chi connectivity index (χ1n) is 6.34. The number of aromatic nitrogens is 1. The zero-order valence-corrected chi connectivity index (χ0v) is 13.0. The Bertz CT molecular complexity index is 876. The number of benzene rings is 2. The molecule has 0 spiro atoms. The molecule has 0 fully saturated rings. The first kappa shape index (κ1) is 14.7. The zero-order valence-electron chi connectivity index (χ0n) is 11.3. The lowest BCUT2D eigenvalue weighted by Gasteiger charge is -2.10. The number of hydrogen-bond donors (Lipinski definition) is 1. The summed E-state index contributed by atoms with van der Waals surface area (Å²) < 4.78 is 29.2. The summed E-state index contributed by atoms with van der Waals surface area (Å²) in [5.74, 6) is 1.18. The Balaban J connectivity index is 2.07. The highest BCUT2D eigenvalue weighted by Gasteiger charge is 2.18. The van der Waals surface area contributed by atoms with E-state index in [2.05, 4.69) is 4.98 Å². The third kappa shape index (κ3) is 3.16. The van der Waals surface area contributed by atoms with Gasteiger partial charge in [-0.15, -0.1) is 11.3 Å². The maximum atomic E-state index is 11.7. The number of sulfonamides is 1. The summed E-state index contributed by atoms with van der Waals surface area (Å²) in [5, 5.41) is 7.62. The van der Waals surface area contributed by atoms with Gasteiger partial charge < -0.3 is 4.74 Å². The van der Waals surface area contributed by atoms with E-state index < -0.39 is 10.0 Å². The van der Waals surface area contributed by atoms with Crippen molar-refractivity contribution in [3.05, 3.63) is 60.1 Å². The van der Waals surface area contributed by atoms with Crippen molar-refractivity contribution in [3.63, 3.8) is 0 Å². The minimum absolute atomic E-state index is 0.0304. The SMILES string of the molecule is NS(=O)(=O)c1ccc(Oc2ccccc2)cc1-c1nccs1. The largest absolute Gasteiger partial charge is 0.457 e. The van der Waals surface area contributed by atoms with Gasteiger partial charge in [0.1, 0.15) is 16.5 Å². The van der Waals surface area contributed by atoms with E-state index in [1.807, 2.05) is 30.3 Å². The molecule has 0 atom stereocenters. The van der Waals surface area contributed by atoms with Gasteiger partial charge >= 0.3 is 0 Å². The van der Waals surface area contributed by atoms with Gasteiger partial charge in [-0.25, -0.2) is 18.5 Å². The molecule has 22 heavy (non-hydrogen) atoms. The molecule has 0 amide bonds. The smallest absolute Gasteiger partial charge is 0.238 e. The van der Waals surface area contributed by atoms with Crippen LogP contribution in [0.15, 0.2) is 65.0 Å². The lowest BCUT2D eigenvalue weighted by molar-refractivity contribution is 0.482. The summed E-state index contributed by atoms with van der Waals surface area (Å²) in [6.07, 6.45) is 1.61. The van der Waals surface area contributed by atoms with Crippen LogP contribution in [0.3, 0.4) is 0 Å². The van der Waals surface area contributed by atoms with Crippen LogP contribution in [-0.2, 0) is 10.0 Å².